The SMILES string of the molecule is O=C(Nc1ccnn1C1CCN(Cc2cn[nH]c2-c2ccccc2)CC1)c1cccc(F)c1. The molecule has 1 amide bonds. The van der Waals surface area contributed by atoms with Crippen LogP contribution in [0.4, 0.5) is 10.2 Å². The van der Waals surface area contributed by atoms with Crippen molar-refractivity contribution in [3.63, 3.8) is 0 Å². The third-order valence-corrected chi connectivity index (χ3v) is 6.08. The summed E-state index contributed by atoms with van der Waals surface area (Å²) in [5, 5.41) is 14.7. The minimum atomic E-state index is -0.434. The highest BCUT2D eigenvalue weighted by Crippen LogP contribution is 2.28. The Labute approximate surface area is 191 Å². The molecule has 0 spiro atoms. The Hall–Kier alpha value is -3.78. The first-order chi connectivity index (χ1) is 16.2. The highest BCUT2D eigenvalue weighted by atomic mass is 19.1. The number of aromatic amines is 1. The lowest BCUT2D eigenvalue weighted by Crippen LogP contribution is -2.35. The molecule has 0 saturated carbocycles. The normalized spacial score (nSPS) is 14.9. The molecule has 0 radical (unpaired) electrons. The monoisotopic (exact) mass is 444 g/mol. The van der Waals surface area contributed by atoms with Crippen LogP contribution in [0.25, 0.3) is 11.3 Å². The molecule has 2 aromatic heterocycles. The van der Waals surface area contributed by atoms with E-state index >= 15 is 0 Å². The van der Waals surface area contributed by atoms with Crippen molar-refractivity contribution in [2.45, 2.75) is 25.4 Å². The minimum Gasteiger partial charge on any atom is -0.307 e. The van der Waals surface area contributed by atoms with Crippen molar-refractivity contribution in [1.29, 1.82) is 0 Å². The molecule has 2 N–H and O–H groups in total. The highest BCUT2D eigenvalue weighted by molar-refractivity contribution is 6.03. The Balaban J connectivity index is 1.21. The van der Waals surface area contributed by atoms with Gasteiger partial charge in [-0.15, -0.1) is 0 Å². The number of piperidine rings is 1. The lowest BCUT2D eigenvalue weighted by Gasteiger charge is -2.32. The van der Waals surface area contributed by atoms with Crippen LogP contribution in [0.5, 0.6) is 0 Å². The van der Waals surface area contributed by atoms with Crippen molar-refractivity contribution < 1.29 is 9.18 Å². The molecule has 2 aromatic carbocycles. The average molecular weight is 445 g/mol. The van der Waals surface area contributed by atoms with Gasteiger partial charge in [0.2, 0.25) is 0 Å². The fraction of sp³-hybridized carbons (Fsp3) is 0.240. The van der Waals surface area contributed by atoms with E-state index in [1.54, 1.807) is 18.3 Å². The maximum absolute atomic E-state index is 13.5. The van der Waals surface area contributed by atoms with E-state index < -0.39 is 5.82 Å². The minimum absolute atomic E-state index is 0.192. The molecule has 5 rings (SSSR count). The molecule has 0 aliphatic carbocycles. The van der Waals surface area contributed by atoms with Gasteiger partial charge in [0.05, 0.1) is 24.1 Å². The van der Waals surface area contributed by atoms with Gasteiger partial charge in [-0.25, -0.2) is 9.07 Å². The maximum Gasteiger partial charge on any atom is 0.256 e. The van der Waals surface area contributed by atoms with Gasteiger partial charge in [-0.1, -0.05) is 36.4 Å². The number of nitrogens with zero attached hydrogens (tertiary/aromatic N) is 4. The largest absolute Gasteiger partial charge is 0.307 e. The Morgan fingerprint density at radius 2 is 1.91 bits per heavy atom. The van der Waals surface area contributed by atoms with Gasteiger partial charge < -0.3 is 5.32 Å². The van der Waals surface area contributed by atoms with Crippen LogP contribution >= 0.6 is 0 Å². The van der Waals surface area contributed by atoms with Crippen molar-refractivity contribution in [1.82, 2.24) is 24.9 Å². The van der Waals surface area contributed by atoms with Crippen LogP contribution < -0.4 is 5.32 Å². The number of H-pyrrole nitrogens is 1. The first-order valence-electron chi connectivity index (χ1n) is 11.1. The molecule has 168 valence electrons. The molecule has 0 atom stereocenters. The van der Waals surface area contributed by atoms with Crippen LogP contribution in [-0.4, -0.2) is 43.9 Å². The number of hydrogen-bond acceptors (Lipinski definition) is 4. The van der Waals surface area contributed by atoms with Crippen molar-refractivity contribution in [2.75, 3.05) is 18.4 Å². The van der Waals surface area contributed by atoms with Crippen molar-refractivity contribution in [3.05, 3.63) is 90.0 Å². The van der Waals surface area contributed by atoms with Crippen molar-refractivity contribution >= 4 is 11.7 Å². The number of nitrogens with one attached hydrogen (secondary N) is 2. The van der Waals surface area contributed by atoms with E-state index in [-0.39, 0.29) is 17.5 Å². The van der Waals surface area contributed by atoms with E-state index in [1.807, 2.05) is 29.1 Å². The number of benzene rings is 2. The summed E-state index contributed by atoms with van der Waals surface area (Å²) >= 11 is 0. The third-order valence-electron chi connectivity index (χ3n) is 6.08. The van der Waals surface area contributed by atoms with Crippen molar-refractivity contribution in [2.24, 2.45) is 0 Å². The molecule has 4 aromatic rings. The van der Waals surface area contributed by atoms with Crippen molar-refractivity contribution in [3.8, 4) is 11.3 Å². The number of halogens is 1. The Morgan fingerprint density at radius 3 is 2.70 bits per heavy atom. The van der Waals surface area contributed by atoms with Crippen LogP contribution in [0.3, 0.4) is 0 Å². The van der Waals surface area contributed by atoms with E-state index in [0.717, 1.165) is 43.7 Å². The summed E-state index contributed by atoms with van der Waals surface area (Å²) in [5.74, 6) is -0.150. The molecular weight excluding hydrogens is 419 g/mol. The lowest BCUT2D eigenvalue weighted by molar-refractivity contribution is 0.102. The molecule has 1 saturated heterocycles. The summed E-state index contributed by atoms with van der Waals surface area (Å²) < 4.78 is 15.3. The number of amides is 1. The number of carbonyl (C=O) groups excluding carboxylic acids is 1. The van der Waals surface area contributed by atoms with Crippen LogP contribution in [-0.2, 0) is 6.54 Å². The second kappa shape index (κ2) is 9.38. The van der Waals surface area contributed by atoms with Crippen LogP contribution in [0.1, 0.15) is 34.8 Å². The second-order valence-corrected chi connectivity index (χ2v) is 8.27. The molecule has 1 fully saturated rings. The summed E-state index contributed by atoms with van der Waals surface area (Å²) in [4.78, 5) is 15.0. The summed E-state index contributed by atoms with van der Waals surface area (Å²) in [6.07, 6.45) is 5.43. The Bertz CT molecular complexity index is 1230. The number of rotatable bonds is 6. The predicted molar refractivity (Wildman–Crippen MR) is 124 cm³/mol. The molecule has 7 nitrogen and oxygen atoms in total. The topological polar surface area (TPSA) is 78.8 Å². The summed E-state index contributed by atoms with van der Waals surface area (Å²) in [5.41, 5.74) is 3.66. The Kier molecular flexibility index (Phi) is 5.99. The number of hydrogen-bond donors (Lipinski definition) is 2. The average Bonchev–Trinajstić information content (AvgIpc) is 3.50. The van der Waals surface area contributed by atoms with Gasteiger partial charge in [0, 0.05) is 36.8 Å². The zero-order valence-corrected chi connectivity index (χ0v) is 18.1. The molecule has 0 bridgehead atoms. The number of carbonyl (C=O) groups is 1. The van der Waals surface area contributed by atoms with Gasteiger partial charge in [-0.2, -0.15) is 10.2 Å². The molecular formula is C25H25FN6O. The number of likely N-dealkylation sites (tertiary alicyclic amines) is 1. The number of aromatic nitrogens is 4. The zero-order valence-electron chi connectivity index (χ0n) is 18.1. The molecule has 0 unspecified atom stereocenters. The molecule has 1 aliphatic rings. The molecule has 1 aliphatic heterocycles. The van der Waals surface area contributed by atoms with Gasteiger partial charge in [0.1, 0.15) is 11.6 Å². The van der Waals surface area contributed by atoms with Crippen LogP contribution in [0.15, 0.2) is 73.1 Å². The van der Waals surface area contributed by atoms with Crippen LogP contribution in [0, 0.1) is 5.82 Å². The quantitative estimate of drug-likeness (QED) is 0.459. The first kappa shape index (κ1) is 21.1. The van der Waals surface area contributed by atoms with E-state index in [2.05, 4.69) is 37.6 Å². The third kappa shape index (κ3) is 4.70. The molecule has 3 heterocycles. The van der Waals surface area contributed by atoms with Gasteiger partial charge in [-0.05, 0) is 36.6 Å². The lowest BCUT2D eigenvalue weighted by atomic mass is 10.0. The molecule has 8 heteroatoms. The summed E-state index contributed by atoms with van der Waals surface area (Å²) in [6.45, 7) is 2.66. The second-order valence-electron chi connectivity index (χ2n) is 8.27. The predicted octanol–water partition coefficient (Wildman–Crippen LogP) is 4.50. The number of anilines is 1. The maximum atomic E-state index is 13.5. The van der Waals surface area contributed by atoms with E-state index in [9.17, 15) is 9.18 Å². The smallest absolute Gasteiger partial charge is 0.256 e. The highest BCUT2D eigenvalue weighted by Gasteiger charge is 2.24. The fourth-order valence-corrected chi connectivity index (χ4v) is 4.37. The zero-order chi connectivity index (χ0) is 22.6. The fourth-order valence-electron chi connectivity index (χ4n) is 4.37. The Morgan fingerprint density at radius 1 is 1.09 bits per heavy atom. The van der Waals surface area contributed by atoms with E-state index in [0.29, 0.717) is 5.82 Å². The van der Waals surface area contributed by atoms with Gasteiger partial charge >= 0.3 is 0 Å². The molecule has 33 heavy (non-hydrogen) atoms. The summed E-state index contributed by atoms with van der Waals surface area (Å²) in [7, 11) is 0. The van der Waals surface area contributed by atoms with Crippen LogP contribution in [0.2, 0.25) is 0 Å². The summed E-state index contributed by atoms with van der Waals surface area (Å²) in [6, 6.07) is 17.9. The van der Waals surface area contributed by atoms with Gasteiger partial charge in [-0.3, -0.25) is 14.8 Å². The van der Waals surface area contributed by atoms with Gasteiger partial charge in [0.15, 0.2) is 0 Å². The standard InChI is InChI=1S/C25H25FN6O/c26-21-8-4-7-19(15-21)25(33)29-23-9-12-28-32(23)22-10-13-31(14-11-22)17-20-16-27-30-24(20)18-5-2-1-3-6-18/h1-9,12,15-16,22H,10-11,13-14,17H2,(H,27,30)(H,29,33). The van der Waals surface area contributed by atoms with Gasteiger partial charge in [0.25, 0.3) is 5.91 Å². The van der Waals surface area contributed by atoms with E-state index in [1.165, 1.54) is 23.8 Å². The van der Waals surface area contributed by atoms with E-state index in [4.69, 9.17) is 0 Å². The first-order valence-corrected chi connectivity index (χ1v) is 11.1.